The number of esters is 1. The molecule has 0 rings (SSSR count). The van der Waals surface area contributed by atoms with Gasteiger partial charge in [-0.25, -0.2) is 4.79 Å². The summed E-state index contributed by atoms with van der Waals surface area (Å²) >= 11 is 0. The van der Waals surface area contributed by atoms with E-state index in [-0.39, 0.29) is 12.6 Å². The highest BCUT2D eigenvalue weighted by Gasteiger charge is 1.92. The molecule has 0 N–H and O–H groups in total. The Morgan fingerprint density at radius 2 is 2.07 bits per heavy atom. The Bertz CT molecular complexity index is 214. The summed E-state index contributed by atoms with van der Waals surface area (Å²) in [6.07, 6.45) is 12.0. The van der Waals surface area contributed by atoms with Gasteiger partial charge in [-0.15, -0.1) is 0 Å². The van der Waals surface area contributed by atoms with Gasteiger partial charge in [0.2, 0.25) is 0 Å². The number of unbranched alkanes of at least 4 members (excludes halogenated alkanes) is 2. The first kappa shape index (κ1) is 12.7. The minimum absolute atomic E-state index is 0.280. The largest absolute Gasteiger partial charge is 0.458 e. The number of ether oxygens (including phenoxy) is 1. The van der Waals surface area contributed by atoms with Crippen LogP contribution in [0, 0.1) is 0 Å². The van der Waals surface area contributed by atoms with E-state index < -0.39 is 0 Å². The average Bonchev–Trinajstić information content (AvgIpc) is 2.20. The van der Waals surface area contributed by atoms with Crippen LogP contribution in [-0.4, -0.2) is 12.6 Å². The van der Waals surface area contributed by atoms with Gasteiger partial charge in [0.25, 0.3) is 0 Å². The molecule has 0 fully saturated rings. The number of rotatable bonds is 7. The van der Waals surface area contributed by atoms with Crippen molar-refractivity contribution in [2.45, 2.75) is 26.2 Å². The molecule has 78 valence electrons. The molecule has 0 aromatic carbocycles. The van der Waals surface area contributed by atoms with E-state index in [1.54, 1.807) is 6.08 Å². The summed E-state index contributed by atoms with van der Waals surface area (Å²) in [5.74, 6) is -0.295. The second-order valence-electron chi connectivity index (χ2n) is 2.82. The Morgan fingerprint density at radius 3 is 2.71 bits per heavy atom. The van der Waals surface area contributed by atoms with E-state index in [1.165, 1.54) is 6.08 Å². The van der Waals surface area contributed by atoms with Crippen LogP contribution in [-0.2, 0) is 9.53 Å². The molecule has 0 saturated heterocycles. The van der Waals surface area contributed by atoms with Crippen LogP contribution in [0.3, 0.4) is 0 Å². The smallest absolute Gasteiger partial charge is 0.330 e. The maximum Gasteiger partial charge on any atom is 0.330 e. The minimum atomic E-state index is -0.295. The van der Waals surface area contributed by atoms with Crippen LogP contribution in [0.15, 0.2) is 37.0 Å². The molecule has 2 nitrogen and oxygen atoms in total. The molecule has 0 spiro atoms. The van der Waals surface area contributed by atoms with Gasteiger partial charge in [-0.1, -0.05) is 30.9 Å². The van der Waals surface area contributed by atoms with Crippen molar-refractivity contribution in [2.24, 2.45) is 0 Å². The SMILES string of the molecule is C=CCOC(=O)/C=C/CCC/C=C/C. The highest BCUT2D eigenvalue weighted by atomic mass is 16.5. The summed E-state index contributed by atoms with van der Waals surface area (Å²) in [6, 6.07) is 0. The first-order valence-electron chi connectivity index (χ1n) is 4.86. The summed E-state index contributed by atoms with van der Waals surface area (Å²) in [7, 11) is 0. The van der Waals surface area contributed by atoms with Gasteiger partial charge >= 0.3 is 5.97 Å². The molecule has 14 heavy (non-hydrogen) atoms. The molecule has 0 heterocycles. The Morgan fingerprint density at radius 1 is 1.36 bits per heavy atom. The van der Waals surface area contributed by atoms with Gasteiger partial charge in [-0.2, -0.15) is 0 Å². The van der Waals surface area contributed by atoms with Gasteiger partial charge in [-0.3, -0.25) is 0 Å². The number of hydrogen-bond donors (Lipinski definition) is 0. The van der Waals surface area contributed by atoms with Crippen LogP contribution in [0.25, 0.3) is 0 Å². The van der Waals surface area contributed by atoms with Gasteiger partial charge in [0.05, 0.1) is 0 Å². The van der Waals surface area contributed by atoms with Crippen LogP contribution >= 0.6 is 0 Å². The molecular formula is C12H18O2. The van der Waals surface area contributed by atoms with Crippen molar-refractivity contribution < 1.29 is 9.53 Å². The lowest BCUT2D eigenvalue weighted by Crippen LogP contribution is -1.99. The molecule has 0 atom stereocenters. The average molecular weight is 194 g/mol. The molecule has 0 unspecified atom stereocenters. The second-order valence-corrected chi connectivity index (χ2v) is 2.82. The molecule has 0 aromatic heterocycles. The molecule has 0 aliphatic rings. The summed E-state index contributed by atoms with van der Waals surface area (Å²) in [5.41, 5.74) is 0. The minimum Gasteiger partial charge on any atom is -0.458 e. The Labute approximate surface area is 86.0 Å². The summed E-state index contributed by atoms with van der Waals surface area (Å²) in [4.78, 5) is 10.9. The van der Waals surface area contributed by atoms with Crippen LogP contribution in [0.4, 0.5) is 0 Å². The Balaban J connectivity index is 3.41. The van der Waals surface area contributed by atoms with Crippen LogP contribution in [0.1, 0.15) is 26.2 Å². The van der Waals surface area contributed by atoms with Gasteiger partial charge in [0.15, 0.2) is 0 Å². The lowest BCUT2D eigenvalue weighted by molar-refractivity contribution is -0.136. The van der Waals surface area contributed by atoms with Crippen molar-refractivity contribution in [2.75, 3.05) is 6.61 Å². The van der Waals surface area contributed by atoms with Crippen molar-refractivity contribution in [3.63, 3.8) is 0 Å². The lowest BCUT2D eigenvalue weighted by atomic mass is 10.2. The van der Waals surface area contributed by atoms with E-state index in [2.05, 4.69) is 12.7 Å². The zero-order chi connectivity index (χ0) is 10.6. The third kappa shape index (κ3) is 8.78. The van der Waals surface area contributed by atoms with Gasteiger partial charge in [-0.05, 0) is 26.2 Å². The van der Waals surface area contributed by atoms with E-state index in [9.17, 15) is 4.79 Å². The number of carbonyl (C=O) groups is 1. The fraction of sp³-hybridized carbons (Fsp3) is 0.417. The molecule has 0 bridgehead atoms. The fourth-order valence-corrected chi connectivity index (χ4v) is 0.889. The van der Waals surface area contributed by atoms with Crippen molar-refractivity contribution in [3.05, 3.63) is 37.0 Å². The molecule has 0 amide bonds. The summed E-state index contributed by atoms with van der Waals surface area (Å²) in [6.45, 7) is 5.74. The fourth-order valence-electron chi connectivity index (χ4n) is 0.889. The highest BCUT2D eigenvalue weighted by molar-refractivity contribution is 5.81. The molecule has 0 aliphatic heterocycles. The second kappa shape index (κ2) is 9.78. The number of hydrogen-bond acceptors (Lipinski definition) is 2. The normalized spacial score (nSPS) is 10.9. The van der Waals surface area contributed by atoms with Crippen molar-refractivity contribution in [3.8, 4) is 0 Å². The standard InChI is InChI=1S/C12H18O2/c1-3-5-6-7-8-9-10-12(13)14-11-4-2/h3-5,9-10H,2,6-8,11H2,1H3/b5-3+,10-9+. The molecular weight excluding hydrogens is 176 g/mol. The van der Waals surface area contributed by atoms with Crippen molar-refractivity contribution in [1.29, 1.82) is 0 Å². The van der Waals surface area contributed by atoms with E-state index in [4.69, 9.17) is 4.74 Å². The van der Waals surface area contributed by atoms with Gasteiger partial charge < -0.3 is 4.74 Å². The zero-order valence-corrected chi connectivity index (χ0v) is 8.74. The summed E-state index contributed by atoms with van der Waals surface area (Å²) in [5, 5.41) is 0. The predicted octanol–water partition coefficient (Wildman–Crippen LogP) is 3.02. The maximum atomic E-state index is 10.9. The number of carbonyl (C=O) groups excluding carboxylic acids is 1. The summed E-state index contributed by atoms with van der Waals surface area (Å²) < 4.78 is 4.76. The molecule has 0 aromatic rings. The van der Waals surface area contributed by atoms with Crippen LogP contribution < -0.4 is 0 Å². The Kier molecular flexibility index (Phi) is 8.86. The lowest BCUT2D eigenvalue weighted by Gasteiger charge is -1.95. The third-order valence-electron chi connectivity index (χ3n) is 1.57. The van der Waals surface area contributed by atoms with E-state index in [1.807, 2.05) is 19.1 Å². The molecule has 0 radical (unpaired) electrons. The quantitative estimate of drug-likeness (QED) is 0.269. The molecule has 0 aliphatic carbocycles. The highest BCUT2D eigenvalue weighted by Crippen LogP contribution is 1.98. The monoisotopic (exact) mass is 194 g/mol. The van der Waals surface area contributed by atoms with E-state index in [0.29, 0.717) is 0 Å². The zero-order valence-electron chi connectivity index (χ0n) is 8.74. The number of allylic oxidation sites excluding steroid dienone is 3. The Hall–Kier alpha value is -1.31. The van der Waals surface area contributed by atoms with Gasteiger partial charge in [0.1, 0.15) is 6.61 Å². The van der Waals surface area contributed by atoms with Gasteiger partial charge in [0, 0.05) is 6.08 Å². The molecule has 0 saturated carbocycles. The first-order valence-corrected chi connectivity index (χ1v) is 4.86. The van der Waals surface area contributed by atoms with Crippen LogP contribution in [0.2, 0.25) is 0 Å². The topological polar surface area (TPSA) is 26.3 Å². The van der Waals surface area contributed by atoms with Crippen molar-refractivity contribution >= 4 is 5.97 Å². The van der Waals surface area contributed by atoms with E-state index >= 15 is 0 Å². The molecule has 2 heteroatoms. The van der Waals surface area contributed by atoms with E-state index in [0.717, 1.165) is 19.3 Å². The van der Waals surface area contributed by atoms with Crippen LogP contribution in [0.5, 0.6) is 0 Å². The predicted molar refractivity (Wildman–Crippen MR) is 59.0 cm³/mol. The van der Waals surface area contributed by atoms with Crippen molar-refractivity contribution in [1.82, 2.24) is 0 Å². The first-order chi connectivity index (χ1) is 6.81. The maximum absolute atomic E-state index is 10.9. The third-order valence-corrected chi connectivity index (χ3v) is 1.57.